The molecule has 0 spiro atoms. The molecule has 0 unspecified atom stereocenters. The van der Waals surface area contributed by atoms with Gasteiger partial charge in [-0.05, 0) is 36.4 Å². The van der Waals surface area contributed by atoms with E-state index in [0.29, 0.717) is 17.1 Å². The summed E-state index contributed by atoms with van der Waals surface area (Å²) >= 11 is 0. The Morgan fingerprint density at radius 2 is 1.78 bits per heavy atom. The van der Waals surface area contributed by atoms with Crippen molar-refractivity contribution in [1.82, 2.24) is 24.4 Å². The number of ether oxygens (including phenoxy) is 2. The third-order valence-corrected chi connectivity index (χ3v) is 4.42. The van der Waals surface area contributed by atoms with E-state index < -0.39 is 17.8 Å². The molecule has 0 aliphatic heterocycles. The van der Waals surface area contributed by atoms with Crippen molar-refractivity contribution in [2.45, 2.75) is 6.18 Å². The first kappa shape index (κ1) is 21.2. The van der Waals surface area contributed by atoms with Gasteiger partial charge in [0.1, 0.15) is 11.5 Å². The number of methoxy groups -OCH3 is 1. The maximum absolute atomic E-state index is 13.3. The molecule has 0 saturated carbocycles. The van der Waals surface area contributed by atoms with Crippen LogP contribution >= 0.6 is 0 Å². The van der Waals surface area contributed by atoms with Crippen LogP contribution in [0.4, 0.5) is 19.1 Å². The second kappa shape index (κ2) is 8.21. The summed E-state index contributed by atoms with van der Waals surface area (Å²) < 4.78 is 52.6. The van der Waals surface area contributed by atoms with E-state index in [-0.39, 0.29) is 23.7 Å². The predicted octanol–water partition coefficient (Wildman–Crippen LogP) is 3.17. The molecule has 4 aromatic rings. The molecule has 0 atom stereocenters. The summed E-state index contributed by atoms with van der Waals surface area (Å²) in [6.45, 7) is -0.280. The molecule has 0 saturated heterocycles. The third-order valence-electron chi connectivity index (χ3n) is 4.42. The van der Waals surface area contributed by atoms with E-state index in [2.05, 4.69) is 20.5 Å². The summed E-state index contributed by atoms with van der Waals surface area (Å²) in [5.41, 5.74) is -0.485. The molecule has 9 nitrogen and oxygen atoms in total. The van der Waals surface area contributed by atoms with Gasteiger partial charge in [0.25, 0.3) is 5.91 Å². The number of hydrogen-bond acceptors (Lipinski definition) is 6. The van der Waals surface area contributed by atoms with E-state index in [1.807, 2.05) is 0 Å². The summed E-state index contributed by atoms with van der Waals surface area (Å²) in [5, 5.41) is 10.1. The van der Waals surface area contributed by atoms with Gasteiger partial charge in [-0.25, -0.2) is 4.52 Å². The highest BCUT2D eigenvalue weighted by molar-refractivity contribution is 5.90. The van der Waals surface area contributed by atoms with Gasteiger partial charge in [-0.2, -0.15) is 23.3 Å². The van der Waals surface area contributed by atoms with Crippen molar-refractivity contribution in [3.8, 4) is 22.6 Å². The maximum Gasteiger partial charge on any atom is 0.435 e. The summed E-state index contributed by atoms with van der Waals surface area (Å²) in [7, 11) is 2.95. The number of halogens is 3. The van der Waals surface area contributed by atoms with Crippen molar-refractivity contribution in [1.29, 1.82) is 0 Å². The zero-order chi connectivity index (χ0) is 22.9. The molecule has 1 N–H and O–H groups in total. The van der Waals surface area contributed by atoms with Crippen molar-refractivity contribution in [2.75, 3.05) is 19.0 Å². The van der Waals surface area contributed by atoms with Crippen LogP contribution in [0.3, 0.4) is 0 Å². The van der Waals surface area contributed by atoms with Gasteiger partial charge in [0.15, 0.2) is 17.9 Å². The lowest BCUT2D eigenvalue weighted by molar-refractivity contribution is -0.141. The van der Waals surface area contributed by atoms with Crippen LogP contribution < -0.4 is 14.8 Å². The van der Waals surface area contributed by atoms with Crippen LogP contribution in [-0.2, 0) is 18.0 Å². The number of aryl methyl sites for hydroxylation is 1. The van der Waals surface area contributed by atoms with Crippen LogP contribution in [0.2, 0.25) is 0 Å². The molecule has 0 bridgehead atoms. The van der Waals surface area contributed by atoms with Crippen molar-refractivity contribution in [2.24, 2.45) is 7.05 Å². The van der Waals surface area contributed by atoms with E-state index in [0.717, 1.165) is 4.68 Å². The van der Waals surface area contributed by atoms with Crippen LogP contribution in [0.25, 0.3) is 16.8 Å². The molecule has 0 radical (unpaired) electrons. The number of fused-ring (bicyclic) bond motifs is 1. The number of amides is 1. The molecule has 4 rings (SSSR count). The van der Waals surface area contributed by atoms with E-state index >= 15 is 0 Å². The molecule has 0 aliphatic rings. The Labute approximate surface area is 179 Å². The normalized spacial score (nSPS) is 11.5. The molecule has 0 aliphatic carbocycles. The zero-order valence-electron chi connectivity index (χ0n) is 16.9. The minimum Gasteiger partial charge on any atom is -0.497 e. The van der Waals surface area contributed by atoms with E-state index in [9.17, 15) is 18.0 Å². The Morgan fingerprint density at radius 3 is 2.47 bits per heavy atom. The quantitative estimate of drug-likeness (QED) is 0.489. The first-order valence-corrected chi connectivity index (χ1v) is 9.27. The van der Waals surface area contributed by atoms with E-state index in [1.54, 1.807) is 31.4 Å². The Morgan fingerprint density at radius 1 is 1.06 bits per heavy atom. The topological polar surface area (TPSA) is 95.6 Å². The van der Waals surface area contributed by atoms with Gasteiger partial charge in [0.2, 0.25) is 5.95 Å². The monoisotopic (exact) mass is 446 g/mol. The lowest BCUT2D eigenvalue weighted by atomic mass is 10.1. The summed E-state index contributed by atoms with van der Waals surface area (Å²) in [6, 6.07) is 9.68. The third kappa shape index (κ3) is 4.48. The highest BCUT2D eigenvalue weighted by Gasteiger charge is 2.37. The van der Waals surface area contributed by atoms with Crippen molar-refractivity contribution in [3.63, 3.8) is 0 Å². The van der Waals surface area contributed by atoms with Gasteiger partial charge in [0, 0.05) is 30.6 Å². The number of nitrogens with zero attached hydrogens (tertiary/aromatic N) is 5. The van der Waals surface area contributed by atoms with Crippen molar-refractivity contribution < 1.29 is 27.4 Å². The Kier molecular flexibility index (Phi) is 5.43. The fourth-order valence-corrected chi connectivity index (χ4v) is 2.99. The molecule has 0 fully saturated rings. The fraction of sp³-hybridized carbons (Fsp3) is 0.200. The Hall–Kier alpha value is -4.09. The van der Waals surface area contributed by atoms with Crippen LogP contribution in [0, 0.1) is 0 Å². The molecular weight excluding hydrogens is 429 g/mol. The first-order valence-electron chi connectivity index (χ1n) is 9.27. The van der Waals surface area contributed by atoms with Gasteiger partial charge in [-0.1, -0.05) is 0 Å². The molecule has 3 heterocycles. The molecule has 3 aromatic heterocycles. The predicted molar refractivity (Wildman–Crippen MR) is 107 cm³/mol. The van der Waals surface area contributed by atoms with Gasteiger partial charge < -0.3 is 9.47 Å². The number of hydrogen-bond donors (Lipinski definition) is 1. The fourth-order valence-electron chi connectivity index (χ4n) is 2.99. The molecule has 166 valence electrons. The number of anilines is 1. The largest absolute Gasteiger partial charge is 0.497 e. The van der Waals surface area contributed by atoms with E-state index in [4.69, 9.17) is 9.47 Å². The summed E-state index contributed by atoms with van der Waals surface area (Å²) in [4.78, 5) is 16.3. The lowest BCUT2D eigenvalue weighted by Gasteiger charge is -2.06. The van der Waals surface area contributed by atoms with Crippen LogP contribution in [-0.4, -0.2) is 44.0 Å². The SMILES string of the molecule is COc1ccc(OCC(=O)Nc2nc3ccc(-c4cn(C)nc4C(F)(F)F)cn3n2)cc1. The Balaban J connectivity index is 1.48. The summed E-state index contributed by atoms with van der Waals surface area (Å²) in [5.74, 6) is 0.630. The minimum atomic E-state index is -4.60. The molecule has 32 heavy (non-hydrogen) atoms. The lowest BCUT2D eigenvalue weighted by Crippen LogP contribution is -2.20. The van der Waals surface area contributed by atoms with Gasteiger partial charge in [-0.3, -0.25) is 14.8 Å². The number of alkyl halides is 3. The smallest absolute Gasteiger partial charge is 0.435 e. The van der Waals surface area contributed by atoms with Crippen molar-refractivity contribution in [3.05, 3.63) is 54.5 Å². The van der Waals surface area contributed by atoms with Crippen LogP contribution in [0.1, 0.15) is 5.69 Å². The number of carbonyl (C=O) groups is 1. The Bertz CT molecular complexity index is 1260. The standard InChI is InChI=1S/C20H17F3N6O3/c1-28-10-15(18(26-28)20(21,22)23)12-3-8-16-24-19(27-29(16)9-12)25-17(30)11-32-14-6-4-13(31-2)5-7-14/h3-10H,11H2,1-2H3,(H,25,27,30). The zero-order valence-corrected chi connectivity index (χ0v) is 16.9. The first-order chi connectivity index (χ1) is 15.2. The van der Waals surface area contributed by atoms with Gasteiger partial charge in [0.05, 0.1) is 7.11 Å². The molecule has 12 heteroatoms. The number of nitrogens with one attached hydrogen (secondary N) is 1. The molecule has 1 amide bonds. The number of carbonyl (C=O) groups excluding carboxylic acids is 1. The highest BCUT2D eigenvalue weighted by Crippen LogP contribution is 2.35. The average molecular weight is 446 g/mol. The molecule has 1 aromatic carbocycles. The maximum atomic E-state index is 13.3. The number of aromatic nitrogens is 5. The van der Waals surface area contributed by atoms with Gasteiger partial charge in [-0.15, -0.1) is 5.10 Å². The average Bonchev–Trinajstić information content (AvgIpc) is 3.34. The second-order valence-corrected chi connectivity index (χ2v) is 6.73. The van der Waals surface area contributed by atoms with Crippen molar-refractivity contribution >= 4 is 17.5 Å². The second-order valence-electron chi connectivity index (χ2n) is 6.73. The van der Waals surface area contributed by atoms with E-state index in [1.165, 1.54) is 36.1 Å². The molecular formula is C20H17F3N6O3. The minimum absolute atomic E-state index is 0.00675. The number of pyridine rings is 1. The van der Waals surface area contributed by atoms with Crippen LogP contribution in [0.5, 0.6) is 11.5 Å². The van der Waals surface area contributed by atoms with Gasteiger partial charge >= 0.3 is 6.18 Å². The number of rotatable bonds is 6. The van der Waals surface area contributed by atoms with Crippen LogP contribution in [0.15, 0.2) is 48.8 Å². The highest BCUT2D eigenvalue weighted by atomic mass is 19.4. The summed E-state index contributed by atoms with van der Waals surface area (Å²) in [6.07, 6.45) is -1.94. The number of benzene rings is 1.